The fraction of sp³-hybridized carbons (Fsp3) is 0.172. The lowest BCUT2D eigenvalue weighted by Gasteiger charge is -2.26. The molecule has 1 aliphatic heterocycles. The summed E-state index contributed by atoms with van der Waals surface area (Å²) in [4.78, 5) is 43.3. The number of ether oxygens (including phenoxy) is 2. The zero-order valence-corrected chi connectivity index (χ0v) is 21.6. The summed E-state index contributed by atoms with van der Waals surface area (Å²) in [6.45, 7) is 1.42. The van der Waals surface area contributed by atoms with Crippen molar-refractivity contribution in [1.29, 1.82) is 0 Å². The van der Waals surface area contributed by atoms with Crippen LogP contribution in [0.25, 0.3) is 33.5 Å². The molecule has 0 unspecified atom stereocenters. The monoisotopic (exact) mass is 553 g/mol. The summed E-state index contributed by atoms with van der Waals surface area (Å²) in [6, 6.07) is 20.3. The predicted molar refractivity (Wildman–Crippen MR) is 150 cm³/mol. The van der Waals surface area contributed by atoms with Crippen LogP contribution < -0.4 is 10.3 Å². The van der Waals surface area contributed by atoms with Crippen molar-refractivity contribution >= 4 is 39.7 Å². The minimum absolute atomic E-state index is 0.0544. The van der Waals surface area contributed by atoms with Gasteiger partial charge in [-0.1, -0.05) is 30.3 Å². The van der Waals surface area contributed by atoms with Crippen molar-refractivity contribution in [2.24, 2.45) is 5.10 Å². The van der Waals surface area contributed by atoms with Gasteiger partial charge in [-0.2, -0.15) is 9.78 Å². The minimum atomic E-state index is -0.602. The lowest BCUT2D eigenvalue weighted by Crippen LogP contribution is -2.43. The van der Waals surface area contributed by atoms with Gasteiger partial charge < -0.3 is 18.8 Å². The maximum atomic E-state index is 13.5. The van der Waals surface area contributed by atoms with Gasteiger partial charge in [-0.3, -0.25) is 19.7 Å². The normalized spacial score (nSPS) is 13.7. The Hall–Kier alpha value is -5.36. The molecule has 3 heterocycles. The number of rotatable bonds is 7. The van der Waals surface area contributed by atoms with Crippen LogP contribution in [0.15, 0.2) is 87.1 Å². The highest BCUT2D eigenvalue weighted by Gasteiger charge is 2.21. The highest BCUT2D eigenvalue weighted by Crippen LogP contribution is 2.29. The molecule has 41 heavy (non-hydrogen) atoms. The van der Waals surface area contributed by atoms with Gasteiger partial charge in [-0.15, -0.1) is 0 Å². The molecule has 0 N–H and O–H groups in total. The van der Waals surface area contributed by atoms with E-state index in [1.807, 2.05) is 24.3 Å². The molecule has 0 atom stereocenters. The molecule has 12 heteroatoms. The molecule has 12 nitrogen and oxygen atoms in total. The van der Waals surface area contributed by atoms with Crippen molar-refractivity contribution in [3.05, 3.63) is 98.8 Å². The molecule has 6 rings (SSSR count). The number of nitrogens with zero attached hydrogens (tertiary/aromatic N) is 5. The minimum Gasteiger partial charge on any atom is -0.477 e. The Balaban J connectivity index is 1.33. The van der Waals surface area contributed by atoms with E-state index in [0.29, 0.717) is 54.1 Å². The van der Waals surface area contributed by atoms with Crippen LogP contribution in [0.4, 0.5) is 5.69 Å². The smallest absolute Gasteiger partial charge is 0.311 e. The second kappa shape index (κ2) is 11.0. The van der Waals surface area contributed by atoms with Crippen molar-refractivity contribution in [3.63, 3.8) is 0 Å². The average molecular weight is 554 g/mol. The van der Waals surface area contributed by atoms with Crippen molar-refractivity contribution in [2.75, 3.05) is 32.9 Å². The van der Waals surface area contributed by atoms with Crippen molar-refractivity contribution in [2.45, 2.75) is 0 Å². The molecule has 5 aromatic rings. The Kier molecular flexibility index (Phi) is 6.96. The van der Waals surface area contributed by atoms with Crippen LogP contribution in [0.2, 0.25) is 0 Å². The van der Waals surface area contributed by atoms with E-state index < -0.39 is 10.5 Å². The number of hydrogen-bond acceptors (Lipinski definition) is 9. The third-order valence-electron chi connectivity index (χ3n) is 6.62. The van der Waals surface area contributed by atoms with E-state index in [-0.39, 0.29) is 29.8 Å². The molecule has 0 aliphatic carbocycles. The van der Waals surface area contributed by atoms with Gasteiger partial charge in [-0.05, 0) is 36.4 Å². The quantitative estimate of drug-likeness (QED) is 0.168. The summed E-state index contributed by atoms with van der Waals surface area (Å²) in [5.74, 6) is 0.180. The first-order valence-corrected chi connectivity index (χ1v) is 12.8. The van der Waals surface area contributed by atoms with Crippen molar-refractivity contribution < 1.29 is 23.6 Å². The number of amides is 1. The number of carbonyl (C=O) groups is 1. The van der Waals surface area contributed by atoms with Gasteiger partial charge in [0.25, 0.3) is 11.5 Å². The predicted octanol–water partition coefficient (Wildman–Crippen LogP) is 3.84. The second-order valence-electron chi connectivity index (χ2n) is 9.23. The van der Waals surface area contributed by atoms with E-state index in [4.69, 9.17) is 13.9 Å². The molecule has 0 spiro atoms. The molecule has 0 bridgehead atoms. The summed E-state index contributed by atoms with van der Waals surface area (Å²) in [7, 11) is 0. The largest absolute Gasteiger partial charge is 0.477 e. The molecule has 2 aromatic heterocycles. The van der Waals surface area contributed by atoms with Gasteiger partial charge in [-0.25, -0.2) is 4.98 Å². The lowest BCUT2D eigenvalue weighted by molar-refractivity contribution is -0.385. The first-order chi connectivity index (χ1) is 20.0. The van der Waals surface area contributed by atoms with Crippen molar-refractivity contribution in [3.8, 4) is 17.3 Å². The van der Waals surface area contributed by atoms with Crippen LogP contribution in [0.1, 0.15) is 5.56 Å². The van der Waals surface area contributed by atoms with Gasteiger partial charge >= 0.3 is 5.69 Å². The number of carbonyl (C=O) groups excluding carboxylic acids is 1. The topological polar surface area (TPSA) is 142 Å². The van der Waals surface area contributed by atoms with Gasteiger partial charge in [0.15, 0.2) is 18.1 Å². The van der Waals surface area contributed by atoms with E-state index in [2.05, 4.69) is 10.1 Å². The first kappa shape index (κ1) is 25.9. The number of nitro groups is 1. The number of fused-ring (bicyclic) bond motifs is 2. The molecular formula is C29H23N5O7. The summed E-state index contributed by atoms with van der Waals surface area (Å²) in [5, 5.41) is 17.4. The number of morpholine rings is 1. The van der Waals surface area contributed by atoms with E-state index in [1.54, 1.807) is 41.3 Å². The average Bonchev–Trinajstić information content (AvgIpc) is 3.44. The van der Waals surface area contributed by atoms with Gasteiger partial charge in [0.1, 0.15) is 5.58 Å². The molecular weight excluding hydrogens is 530 g/mol. The molecule has 1 aliphatic rings. The van der Waals surface area contributed by atoms with E-state index >= 15 is 0 Å². The Morgan fingerprint density at radius 2 is 1.85 bits per heavy atom. The number of hydrogen-bond donors (Lipinski definition) is 0. The van der Waals surface area contributed by atoms with E-state index in [0.717, 1.165) is 10.1 Å². The lowest BCUT2D eigenvalue weighted by atomic mass is 10.2. The van der Waals surface area contributed by atoms with Crippen molar-refractivity contribution in [1.82, 2.24) is 14.6 Å². The molecule has 3 aromatic carbocycles. The Morgan fingerprint density at radius 1 is 1.07 bits per heavy atom. The molecule has 1 amide bonds. The molecule has 206 valence electrons. The second-order valence-corrected chi connectivity index (χ2v) is 9.23. The number of benzene rings is 3. The summed E-state index contributed by atoms with van der Waals surface area (Å²) < 4.78 is 17.8. The third-order valence-corrected chi connectivity index (χ3v) is 6.62. The number of aromatic nitrogens is 2. The number of furan rings is 1. The maximum Gasteiger partial charge on any atom is 0.311 e. The number of nitro benzene ring substituents is 1. The van der Waals surface area contributed by atoms with Crippen LogP contribution in [0, 0.1) is 10.1 Å². The zero-order chi connectivity index (χ0) is 28.3. The van der Waals surface area contributed by atoms with E-state index in [9.17, 15) is 19.7 Å². The highest BCUT2D eigenvalue weighted by molar-refractivity contribution is 5.85. The van der Waals surface area contributed by atoms with Gasteiger partial charge in [0.2, 0.25) is 5.82 Å². The summed E-state index contributed by atoms with van der Waals surface area (Å²) >= 11 is 0. The van der Waals surface area contributed by atoms with Gasteiger partial charge in [0, 0.05) is 30.1 Å². The van der Waals surface area contributed by atoms with Crippen LogP contribution in [-0.4, -0.2) is 64.5 Å². The Morgan fingerprint density at radius 3 is 2.66 bits per heavy atom. The SMILES string of the molecule is O=C(COc1ccc(C=Nn2c(-c3cc4ccccc4o3)nc3ccccc3c2=O)cc1[N+](=O)[O-])N1CCOCC1. The zero-order valence-electron chi connectivity index (χ0n) is 21.6. The number of para-hydroxylation sites is 2. The Bertz CT molecular complexity index is 1840. The summed E-state index contributed by atoms with van der Waals surface area (Å²) in [5.41, 5.74) is 0.657. The maximum absolute atomic E-state index is 13.5. The van der Waals surface area contributed by atoms with Crippen LogP contribution in [0.3, 0.4) is 0 Å². The van der Waals surface area contributed by atoms with Crippen LogP contribution in [0.5, 0.6) is 5.75 Å². The molecule has 1 saturated heterocycles. The standard InChI is InChI=1S/C29H23N5O7/c35-27(32-11-13-39-14-12-32)18-40-25-10-9-19(15-23(25)34(37)38)17-30-33-28(26-16-20-5-1-4-8-24(20)41-26)31-22-7-3-2-6-21(22)29(33)36/h1-10,15-17H,11-14,18H2. The highest BCUT2D eigenvalue weighted by atomic mass is 16.6. The molecule has 0 radical (unpaired) electrons. The van der Waals surface area contributed by atoms with Crippen LogP contribution in [-0.2, 0) is 9.53 Å². The first-order valence-electron chi connectivity index (χ1n) is 12.8. The fourth-order valence-electron chi connectivity index (χ4n) is 4.53. The van der Waals surface area contributed by atoms with Crippen LogP contribution >= 0.6 is 0 Å². The Labute approximate surface area is 232 Å². The third kappa shape index (κ3) is 5.28. The molecule has 0 saturated carbocycles. The summed E-state index contributed by atoms with van der Waals surface area (Å²) in [6.07, 6.45) is 1.32. The molecule has 1 fully saturated rings. The fourth-order valence-corrected chi connectivity index (χ4v) is 4.53. The van der Waals surface area contributed by atoms with Gasteiger partial charge in [0.05, 0.1) is 35.3 Å². The van der Waals surface area contributed by atoms with E-state index in [1.165, 1.54) is 18.3 Å².